The van der Waals surface area contributed by atoms with Crippen molar-refractivity contribution in [1.29, 1.82) is 0 Å². The number of pyridine rings is 1. The number of halogens is 5. The summed E-state index contributed by atoms with van der Waals surface area (Å²) in [7, 11) is 0. The van der Waals surface area contributed by atoms with Gasteiger partial charge in [0.05, 0.1) is 22.2 Å². The number of anilines is 1. The predicted molar refractivity (Wildman–Crippen MR) is 120 cm³/mol. The number of carbonyl (C=O) groups is 1. The summed E-state index contributed by atoms with van der Waals surface area (Å²) in [6, 6.07) is 9.96. The molecule has 186 valence electrons. The van der Waals surface area contributed by atoms with Gasteiger partial charge in [-0.25, -0.2) is 4.98 Å². The molecule has 1 unspecified atom stereocenters. The highest BCUT2D eigenvalue weighted by Crippen LogP contribution is 2.35. The van der Waals surface area contributed by atoms with Gasteiger partial charge in [-0.05, 0) is 36.4 Å². The predicted octanol–water partition coefficient (Wildman–Crippen LogP) is 5.06. The lowest BCUT2D eigenvalue weighted by molar-refractivity contribution is -0.274. The highest BCUT2D eigenvalue weighted by molar-refractivity contribution is 6.42. The van der Waals surface area contributed by atoms with Crippen molar-refractivity contribution in [2.24, 2.45) is 0 Å². The molecule has 35 heavy (non-hydrogen) atoms. The summed E-state index contributed by atoms with van der Waals surface area (Å²) in [6.45, 7) is -0.701. The van der Waals surface area contributed by atoms with Crippen LogP contribution in [-0.2, 0) is 0 Å². The molecule has 0 fully saturated rings. The topological polar surface area (TPSA) is 110 Å². The molecule has 1 amide bonds. The van der Waals surface area contributed by atoms with E-state index >= 15 is 0 Å². The molecule has 1 heterocycles. The van der Waals surface area contributed by atoms with Gasteiger partial charge >= 0.3 is 6.36 Å². The smallest absolute Gasteiger partial charge is 0.475 e. The van der Waals surface area contributed by atoms with Crippen LogP contribution < -0.4 is 19.5 Å². The second kappa shape index (κ2) is 11.5. The number of hydrogen-bond acceptors (Lipinski definition) is 7. The third-order valence-corrected chi connectivity index (χ3v) is 4.90. The first-order valence-corrected chi connectivity index (χ1v) is 10.5. The zero-order chi connectivity index (χ0) is 25.6. The maximum Gasteiger partial charge on any atom is 0.573 e. The first-order valence-electron chi connectivity index (χ1n) is 9.76. The molecule has 8 nitrogen and oxygen atoms in total. The van der Waals surface area contributed by atoms with Crippen molar-refractivity contribution in [3.8, 4) is 23.1 Å². The van der Waals surface area contributed by atoms with Crippen LogP contribution in [0.1, 0.15) is 10.4 Å². The van der Waals surface area contributed by atoms with Gasteiger partial charge in [0.1, 0.15) is 30.0 Å². The number of rotatable bonds is 9. The minimum Gasteiger partial charge on any atom is -0.475 e. The second-order valence-corrected chi connectivity index (χ2v) is 7.68. The molecule has 1 aromatic heterocycles. The van der Waals surface area contributed by atoms with E-state index in [2.05, 4.69) is 15.0 Å². The van der Waals surface area contributed by atoms with E-state index in [4.69, 9.17) is 37.8 Å². The molecule has 0 aliphatic rings. The van der Waals surface area contributed by atoms with Crippen LogP contribution in [0.15, 0.2) is 54.7 Å². The summed E-state index contributed by atoms with van der Waals surface area (Å²) >= 11 is 12.1. The maximum atomic E-state index is 13.0. The van der Waals surface area contributed by atoms with Crippen LogP contribution in [0, 0.1) is 0 Å². The molecule has 0 bridgehead atoms. The Morgan fingerprint density at radius 2 is 1.71 bits per heavy atom. The highest BCUT2D eigenvalue weighted by atomic mass is 35.5. The molecule has 0 radical (unpaired) electrons. The number of amides is 1. The van der Waals surface area contributed by atoms with Crippen molar-refractivity contribution in [2.45, 2.75) is 12.5 Å². The Kier molecular flexibility index (Phi) is 8.62. The van der Waals surface area contributed by atoms with Gasteiger partial charge in [0.2, 0.25) is 5.88 Å². The number of ether oxygens (including phenoxy) is 3. The van der Waals surface area contributed by atoms with Crippen molar-refractivity contribution in [3.63, 3.8) is 0 Å². The molecule has 0 saturated heterocycles. The Labute approximate surface area is 206 Å². The van der Waals surface area contributed by atoms with Gasteiger partial charge in [-0.1, -0.05) is 23.2 Å². The van der Waals surface area contributed by atoms with E-state index in [-0.39, 0.29) is 45.3 Å². The minimum absolute atomic E-state index is 0.0158. The third kappa shape index (κ3) is 7.89. The number of nitrogens with zero attached hydrogens (tertiary/aromatic N) is 1. The van der Waals surface area contributed by atoms with Crippen LogP contribution in [0.2, 0.25) is 10.0 Å². The Bertz CT molecular complexity index is 1180. The Balaban J connectivity index is 1.79. The summed E-state index contributed by atoms with van der Waals surface area (Å²) in [6.07, 6.45) is -4.58. The standard InChI is InChI=1S/C22H17Cl2F3N2O6/c23-17-8-16(21(32)29-12-5-6-28-20(7-12)33-11-13(31)10-30)19(9-18(17)24)34-14-1-3-15(4-2-14)35-22(25,26)27/h1-9,13,30-31H,10-11H2,(H,28,29,32). The molecule has 3 rings (SSSR count). The van der Waals surface area contributed by atoms with E-state index in [0.717, 1.165) is 12.1 Å². The molecule has 3 aromatic rings. The van der Waals surface area contributed by atoms with Gasteiger partial charge in [-0.15, -0.1) is 13.2 Å². The van der Waals surface area contributed by atoms with Crippen LogP contribution in [-0.4, -0.2) is 46.8 Å². The quantitative estimate of drug-likeness (QED) is 0.353. The average Bonchev–Trinajstić information content (AvgIpc) is 2.80. The lowest BCUT2D eigenvalue weighted by Gasteiger charge is -2.14. The van der Waals surface area contributed by atoms with Crippen LogP contribution in [0.4, 0.5) is 18.9 Å². The molecule has 0 aliphatic carbocycles. The van der Waals surface area contributed by atoms with Crippen molar-refractivity contribution < 1.29 is 42.4 Å². The number of aromatic nitrogens is 1. The largest absolute Gasteiger partial charge is 0.573 e. The fourth-order valence-electron chi connectivity index (χ4n) is 2.63. The molecule has 0 spiro atoms. The Morgan fingerprint density at radius 3 is 2.37 bits per heavy atom. The molecule has 2 aromatic carbocycles. The van der Waals surface area contributed by atoms with Crippen LogP contribution in [0.3, 0.4) is 0 Å². The normalized spacial score (nSPS) is 12.1. The lowest BCUT2D eigenvalue weighted by atomic mass is 10.1. The van der Waals surface area contributed by atoms with E-state index in [9.17, 15) is 23.1 Å². The van der Waals surface area contributed by atoms with Crippen LogP contribution in [0.25, 0.3) is 0 Å². The van der Waals surface area contributed by atoms with Crippen LogP contribution in [0.5, 0.6) is 23.1 Å². The minimum atomic E-state index is -4.84. The maximum absolute atomic E-state index is 13.0. The summed E-state index contributed by atoms with van der Waals surface area (Å²) in [5.74, 6) is -0.920. The summed E-state index contributed by atoms with van der Waals surface area (Å²) < 4.78 is 51.8. The van der Waals surface area contributed by atoms with Gasteiger partial charge < -0.3 is 29.7 Å². The molecule has 3 N–H and O–H groups in total. The van der Waals surface area contributed by atoms with E-state index in [1.54, 1.807) is 0 Å². The Hall–Kier alpha value is -3.25. The van der Waals surface area contributed by atoms with E-state index in [1.807, 2.05) is 0 Å². The van der Waals surface area contributed by atoms with E-state index < -0.39 is 30.7 Å². The molecule has 1 atom stereocenters. The summed E-state index contributed by atoms with van der Waals surface area (Å²) in [5.41, 5.74) is 0.258. The first-order chi connectivity index (χ1) is 16.5. The van der Waals surface area contributed by atoms with Gasteiger partial charge in [0.25, 0.3) is 5.91 Å². The van der Waals surface area contributed by atoms with Gasteiger partial charge in [0, 0.05) is 24.0 Å². The molecule has 0 saturated carbocycles. The monoisotopic (exact) mass is 532 g/mol. The van der Waals surface area contributed by atoms with Crippen molar-refractivity contribution in [3.05, 3.63) is 70.3 Å². The zero-order valence-corrected chi connectivity index (χ0v) is 19.1. The number of aliphatic hydroxyl groups is 2. The zero-order valence-electron chi connectivity index (χ0n) is 17.6. The lowest BCUT2D eigenvalue weighted by Crippen LogP contribution is -2.21. The SMILES string of the molecule is O=C(Nc1ccnc(OCC(O)CO)c1)c1cc(Cl)c(Cl)cc1Oc1ccc(OC(F)(F)F)cc1. The van der Waals surface area contributed by atoms with Gasteiger partial charge in [-0.3, -0.25) is 4.79 Å². The van der Waals surface area contributed by atoms with Crippen molar-refractivity contribution in [1.82, 2.24) is 4.98 Å². The van der Waals surface area contributed by atoms with E-state index in [0.29, 0.717) is 0 Å². The number of hydrogen-bond donors (Lipinski definition) is 3. The molecular weight excluding hydrogens is 516 g/mol. The van der Waals surface area contributed by atoms with Crippen LogP contribution >= 0.6 is 23.2 Å². The highest BCUT2D eigenvalue weighted by Gasteiger charge is 2.31. The number of nitrogens with one attached hydrogen (secondary N) is 1. The fraction of sp³-hybridized carbons (Fsp3) is 0.182. The molecule has 0 aliphatic heterocycles. The third-order valence-electron chi connectivity index (χ3n) is 4.18. The summed E-state index contributed by atoms with van der Waals surface area (Å²) in [5, 5.41) is 21.0. The summed E-state index contributed by atoms with van der Waals surface area (Å²) in [4.78, 5) is 16.9. The number of alkyl halides is 3. The number of carbonyl (C=O) groups excluding carboxylic acids is 1. The van der Waals surface area contributed by atoms with Gasteiger partial charge in [-0.2, -0.15) is 0 Å². The Morgan fingerprint density at radius 1 is 1.06 bits per heavy atom. The van der Waals surface area contributed by atoms with Crippen molar-refractivity contribution >= 4 is 34.8 Å². The number of aliphatic hydroxyl groups excluding tert-OH is 2. The van der Waals surface area contributed by atoms with E-state index in [1.165, 1.54) is 42.6 Å². The van der Waals surface area contributed by atoms with Gasteiger partial charge in [0.15, 0.2) is 0 Å². The first kappa shape index (κ1) is 26.4. The fourth-order valence-corrected chi connectivity index (χ4v) is 2.94. The molecular formula is C22H17Cl2F3N2O6. The average molecular weight is 533 g/mol. The number of benzene rings is 2. The second-order valence-electron chi connectivity index (χ2n) is 6.87. The van der Waals surface area contributed by atoms with Crippen molar-refractivity contribution in [2.75, 3.05) is 18.5 Å². The molecule has 13 heteroatoms.